The van der Waals surface area contributed by atoms with E-state index in [-0.39, 0.29) is 23.3 Å². The van der Waals surface area contributed by atoms with Gasteiger partial charge in [-0.25, -0.2) is 0 Å². The van der Waals surface area contributed by atoms with Gasteiger partial charge < -0.3 is 10.1 Å². The lowest BCUT2D eigenvalue weighted by Crippen LogP contribution is -2.15. The van der Waals surface area contributed by atoms with Crippen LogP contribution in [-0.4, -0.2) is 30.3 Å². The Morgan fingerprint density at radius 3 is 0.870 bits per heavy atom. The molecule has 140 valence electrons. The average Bonchev–Trinajstić information content (AvgIpc) is 2.49. The molecule has 0 aliphatic carbocycles. The first kappa shape index (κ1) is 33.2. The first-order valence-corrected chi connectivity index (χ1v) is 8.27. The smallest absolute Gasteiger partial charge is 0.219 e. The normalized spacial score (nSPS) is 7.22. The zero-order valence-electron chi connectivity index (χ0n) is 17.0. The number of ketones is 3. The maximum atomic E-state index is 10.1. The van der Waals surface area contributed by atoms with E-state index in [4.69, 9.17) is 0 Å². The van der Waals surface area contributed by atoms with Crippen molar-refractivity contribution in [3.05, 3.63) is 0 Å². The summed E-state index contributed by atoms with van der Waals surface area (Å²) in [6.07, 6.45) is 3.75. The van der Waals surface area contributed by atoms with E-state index in [1.807, 2.05) is 13.8 Å². The maximum Gasteiger partial charge on any atom is 0.219 e. The fourth-order valence-corrected chi connectivity index (χ4v) is 0.177. The molecule has 0 aromatic carbocycles. The standard InChI is InChI=1S/C4H9NO.C4H6O2.C4H8O.2C3H8/c1-3-4(6)5-2;1-3(5)4(2)6;1-3-4(2)5;2*1-3-2/h3H2,1-2H3,(H,5,6);1-2H3;3H2,1-2H3;2*3H2,1-2H3. The van der Waals surface area contributed by atoms with Gasteiger partial charge >= 0.3 is 0 Å². The summed E-state index contributed by atoms with van der Waals surface area (Å²) < 4.78 is 0. The van der Waals surface area contributed by atoms with E-state index in [9.17, 15) is 19.2 Å². The molecular formula is C18H39NO4. The summed E-state index contributed by atoms with van der Waals surface area (Å²) in [7, 11) is 1.63. The summed E-state index contributed by atoms with van der Waals surface area (Å²) in [5, 5.41) is 2.48. The number of rotatable bonds is 3. The number of carbonyl (C=O) groups excluding carboxylic acids is 4. The average molecular weight is 334 g/mol. The van der Waals surface area contributed by atoms with Crippen LogP contribution in [0.25, 0.3) is 0 Å². The number of hydrogen-bond donors (Lipinski definition) is 1. The van der Waals surface area contributed by atoms with E-state index >= 15 is 0 Å². The van der Waals surface area contributed by atoms with E-state index in [0.717, 1.165) is 0 Å². The molecule has 0 aliphatic heterocycles. The third kappa shape index (κ3) is 97.3. The molecular weight excluding hydrogens is 294 g/mol. The molecule has 0 saturated carbocycles. The third-order valence-corrected chi connectivity index (χ3v) is 1.59. The number of Topliss-reactive ketones (excluding diaryl/α,β-unsaturated/α-hetero) is 3. The molecule has 5 heteroatoms. The van der Waals surface area contributed by atoms with Crippen LogP contribution in [0, 0.1) is 0 Å². The van der Waals surface area contributed by atoms with Crippen LogP contribution >= 0.6 is 0 Å². The lowest BCUT2D eigenvalue weighted by Gasteiger charge is -1.87. The number of hydrogen-bond acceptors (Lipinski definition) is 4. The van der Waals surface area contributed by atoms with Gasteiger partial charge in [-0.1, -0.05) is 54.4 Å². The van der Waals surface area contributed by atoms with E-state index < -0.39 is 0 Å². The second kappa shape index (κ2) is 32.4. The molecule has 0 atom stereocenters. The Morgan fingerprint density at radius 2 is 0.870 bits per heavy atom. The quantitative estimate of drug-likeness (QED) is 0.788. The Balaban J connectivity index is -0.0000000606. The van der Waals surface area contributed by atoms with Crippen molar-refractivity contribution in [2.24, 2.45) is 0 Å². The van der Waals surface area contributed by atoms with Gasteiger partial charge in [-0.2, -0.15) is 0 Å². The molecule has 0 unspecified atom stereocenters. The van der Waals surface area contributed by atoms with Crippen LogP contribution in [0.4, 0.5) is 0 Å². The molecule has 1 N–H and O–H groups in total. The maximum absolute atomic E-state index is 10.1. The second-order valence-corrected chi connectivity index (χ2v) is 4.61. The summed E-state index contributed by atoms with van der Waals surface area (Å²) in [4.78, 5) is 39.5. The van der Waals surface area contributed by atoms with Gasteiger partial charge in [0.15, 0.2) is 11.6 Å². The van der Waals surface area contributed by atoms with Crippen molar-refractivity contribution in [3.63, 3.8) is 0 Å². The van der Waals surface area contributed by atoms with Crippen molar-refractivity contribution in [2.45, 2.75) is 88.0 Å². The van der Waals surface area contributed by atoms with Crippen LogP contribution in [0.5, 0.6) is 0 Å². The molecule has 0 rings (SSSR count). The minimum Gasteiger partial charge on any atom is -0.359 e. The largest absolute Gasteiger partial charge is 0.359 e. The summed E-state index contributed by atoms with van der Waals surface area (Å²) in [6, 6.07) is 0. The van der Waals surface area contributed by atoms with Gasteiger partial charge in [0.05, 0.1) is 0 Å². The minimum absolute atomic E-state index is 0.0926. The van der Waals surface area contributed by atoms with E-state index in [2.05, 4.69) is 33.0 Å². The van der Waals surface area contributed by atoms with Crippen LogP contribution in [0.2, 0.25) is 0 Å². The van der Waals surface area contributed by atoms with Gasteiger partial charge in [-0.3, -0.25) is 14.4 Å². The second-order valence-electron chi connectivity index (χ2n) is 4.61. The summed E-state index contributed by atoms with van der Waals surface area (Å²) >= 11 is 0. The molecule has 0 bridgehead atoms. The van der Waals surface area contributed by atoms with Gasteiger partial charge in [0.1, 0.15) is 5.78 Å². The highest BCUT2D eigenvalue weighted by Crippen LogP contribution is 1.71. The highest BCUT2D eigenvalue weighted by molar-refractivity contribution is 6.35. The van der Waals surface area contributed by atoms with Crippen molar-refractivity contribution >= 4 is 23.3 Å². The van der Waals surface area contributed by atoms with Crippen LogP contribution in [0.1, 0.15) is 88.0 Å². The van der Waals surface area contributed by atoms with Crippen molar-refractivity contribution in [1.82, 2.24) is 5.32 Å². The number of amides is 1. The third-order valence-electron chi connectivity index (χ3n) is 1.59. The fourth-order valence-electron chi connectivity index (χ4n) is 0.177. The molecule has 5 nitrogen and oxygen atoms in total. The molecule has 0 spiro atoms. The monoisotopic (exact) mass is 333 g/mol. The Labute approximate surface area is 143 Å². The zero-order chi connectivity index (χ0) is 19.8. The Hall–Kier alpha value is -1.52. The predicted octanol–water partition coefficient (Wildman–Crippen LogP) is 4.12. The molecule has 0 aromatic heterocycles. The SMILES string of the molecule is CC(=O)C(C)=O.CCC.CCC.CCC(=O)NC.CCC(C)=O. The molecule has 0 saturated heterocycles. The first-order valence-electron chi connectivity index (χ1n) is 8.27. The van der Waals surface area contributed by atoms with Crippen LogP contribution in [0.3, 0.4) is 0 Å². The predicted molar refractivity (Wildman–Crippen MR) is 98.6 cm³/mol. The summed E-state index contributed by atoms with van der Waals surface area (Å²) in [5.41, 5.74) is 0. The molecule has 0 heterocycles. The topological polar surface area (TPSA) is 80.3 Å². The highest BCUT2D eigenvalue weighted by Gasteiger charge is 1.94. The van der Waals surface area contributed by atoms with E-state index in [1.165, 1.54) is 26.7 Å². The number of carbonyl (C=O) groups is 4. The zero-order valence-corrected chi connectivity index (χ0v) is 17.0. The fraction of sp³-hybridized carbons (Fsp3) is 0.778. The highest BCUT2D eigenvalue weighted by atomic mass is 16.2. The Morgan fingerprint density at radius 1 is 0.652 bits per heavy atom. The van der Waals surface area contributed by atoms with Crippen LogP contribution in [0.15, 0.2) is 0 Å². The molecule has 0 aromatic rings. The van der Waals surface area contributed by atoms with Gasteiger partial charge in [-0.15, -0.1) is 0 Å². The van der Waals surface area contributed by atoms with Crippen molar-refractivity contribution in [3.8, 4) is 0 Å². The van der Waals surface area contributed by atoms with Gasteiger partial charge in [0, 0.05) is 33.7 Å². The molecule has 0 aliphatic rings. The van der Waals surface area contributed by atoms with Crippen LogP contribution < -0.4 is 5.32 Å². The molecule has 23 heavy (non-hydrogen) atoms. The van der Waals surface area contributed by atoms with E-state index in [1.54, 1.807) is 14.0 Å². The molecule has 0 fully saturated rings. The first-order chi connectivity index (χ1) is 10.5. The van der Waals surface area contributed by atoms with Crippen molar-refractivity contribution in [2.75, 3.05) is 7.05 Å². The minimum atomic E-state index is -0.380. The molecule has 1 amide bonds. The lowest BCUT2D eigenvalue weighted by atomic mass is 10.3. The Kier molecular flexibility index (Phi) is 46.8. The van der Waals surface area contributed by atoms with E-state index in [0.29, 0.717) is 12.8 Å². The van der Waals surface area contributed by atoms with Crippen LogP contribution in [-0.2, 0) is 19.2 Å². The molecule has 0 radical (unpaired) electrons. The lowest BCUT2D eigenvalue weighted by molar-refractivity contribution is -0.134. The van der Waals surface area contributed by atoms with Crippen molar-refractivity contribution < 1.29 is 19.2 Å². The van der Waals surface area contributed by atoms with Gasteiger partial charge in [0.25, 0.3) is 0 Å². The Bertz CT molecular complexity index is 267. The van der Waals surface area contributed by atoms with Gasteiger partial charge in [0.2, 0.25) is 5.91 Å². The van der Waals surface area contributed by atoms with Gasteiger partial charge in [-0.05, 0) is 6.92 Å². The number of nitrogens with one attached hydrogen (secondary N) is 1. The summed E-state index contributed by atoms with van der Waals surface area (Å²) in [5.74, 6) is -0.412. The van der Waals surface area contributed by atoms with Crippen molar-refractivity contribution in [1.29, 1.82) is 0 Å². The summed E-state index contributed by atoms with van der Waals surface area (Å²) in [6.45, 7) is 16.3.